The number of nitrogens with one attached hydrogen (secondary N) is 2. The van der Waals surface area contributed by atoms with Crippen molar-refractivity contribution in [3.8, 4) is 17.2 Å². The highest BCUT2D eigenvalue weighted by molar-refractivity contribution is 14.0. The molecule has 8 nitrogen and oxygen atoms in total. The molecule has 1 fully saturated rings. The third-order valence-electron chi connectivity index (χ3n) is 5.37. The molecule has 1 aliphatic heterocycles. The molecule has 1 unspecified atom stereocenters. The van der Waals surface area contributed by atoms with Crippen molar-refractivity contribution in [1.82, 2.24) is 15.5 Å². The number of aliphatic imine (C=N–C) groups is 1. The minimum absolute atomic E-state index is 0. The second kappa shape index (κ2) is 14.8. The summed E-state index contributed by atoms with van der Waals surface area (Å²) in [5, 5.41) is 6.78. The molecule has 0 radical (unpaired) electrons. The summed E-state index contributed by atoms with van der Waals surface area (Å²) in [5.74, 6) is 3.04. The first-order valence-corrected chi connectivity index (χ1v) is 10.9. The van der Waals surface area contributed by atoms with Crippen molar-refractivity contribution >= 4 is 29.9 Å². The number of nitrogens with zero attached hydrogens (tertiary/aromatic N) is 2. The molecule has 1 aliphatic rings. The van der Waals surface area contributed by atoms with Crippen molar-refractivity contribution in [2.24, 2.45) is 4.99 Å². The molecule has 0 amide bonds. The van der Waals surface area contributed by atoms with Gasteiger partial charge in [0.1, 0.15) is 12.4 Å². The number of benzene rings is 2. The normalized spacial score (nSPS) is 15.2. The third kappa shape index (κ3) is 8.24. The van der Waals surface area contributed by atoms with Crippen LogP contribution in [0.1, 0.15) is 11.6 Å². The zero-order valence-corrected chi connectivity index (χ0v) is 21.9. The topological polar surface area (TPSA) is 76.6 Å². The van der Waals surface area contributed by atoms with Gasteiger partial charge in [-0.1, -0.05) is 24.3 Å². The van der Waals surface area contributed by atoms with Crippen LogP contribution in [-0.2, 0) is 4.74 Å². The molecule has 182 valence electrons. The van der Waals surface area contributed by atoms with E-state index in [4.69, 9.17) is 18.9 Å². The van der Waals surface area contributed by atoms with E-state index in [1.165, 1.54) is 0 Å². The van der Waals surface area contributed by atoms with Gasteiger partial charge in [-0.05, 0) is 29.8 Å². The predicted octanol–water partition coefficient (Wildman–Crippen LogP) is 2.94. The Kier molecular flexibility index (Phi) is 12.1. The lowest BCUT2D eigenvalue weighted by Gasteiger charge is -2.35. The van der Waals surface area contributed by atoms with Crippen molar-refractivity contribution in [2.45, 2.75) is 6.04 Å². The molecular weight excluding hydrogens is 535 g/mol. The van der Waals surface area contributed by atoms with Gasteiger partial charge in [0.2, 0.25) is 0 Å². The van der Waals surface area contributed by atoms with Gasteiger partial charge in [0.15, 0.2) is 17.5 Å². The molecule has 0 aliphatic carbocycles. The Morgan fingerprint density at radius 2 is 1.76 bits per heavy atom. The van der Waals surface area contributed by atoms with Crippen molar-refractivity contribution in [2.75, 3.05) is 67.3 Å². The molecule has 1 atom stereocenters. The number of rotatable bonds is 10. The highest BCUT2D eigenvalue weighted by Gasteiger charge is 2.24. The lowest BCUT2D eigenvalue weighted by atomic mass is 10.0. The number of methoxy groups -OCH3 is 2. The molecule has 33 heavy (non-hydrogen) atoms. The minimum Gasteiger partial charge on any atom is -0.493 e. The fraction of sp³-hybridized carbons (Fsp3) is 0.458. The molecule has 1 heterocycles. The van der Waals surface area contributed by atoms with Gasteiger partial charge in [-0.15, -0.1) is 24.0 Å². The van der Waals surface area contributed by atoms with Crippen LogP contribution in [0.15, 0.2) is 53.5 Å². The third-order valence-corrected chi connectivity index (χ3v) is 5.37. The monoisotopic (exact) mass is 570 g/mol. The maximum Gasteiger partial charge on any atom is 0.191 e. The van der Waals surface area contributed by atoms with Crippen LogP contribution in [0.3, 0.4) is 0 Å². The van der Waals surface area contributed by atoms with E-state index in [1.807, 2.05) is 42.5 Å². The van der Waals surface area contributed by atoms with Crippen LogP contribution in [0.2, 0.25) is 0 Å². The average Bonchev–Trinajstić information content (AvgIpc) is 2.86. The fourth-order valence-corrected chi connectivity index (χ4v) is 3.68. The highest BCUT2D eigenvalue weighted by Crippen LogP contribution is 2.32. The summed E-state index contributed by atoms with van der Waals surface area (Å²) in [6, 6.07) is 16.0. The summed E-state index contributed by atoms with van der Waals surface area (Å²) in [4.78, 5) is 6.78. The largest absolute Gasteiger partial charge is 0.493 e. The van der Waals surface area contributed by atoms with Crippen LogP contribution < -0.4 is 24.8 Å². The van der Waals surface area contributed by atoms with E-state index in [-0.39, 0.29) is 30.0 Å². The Morgan fingerprint density at radius 3 is 2.42 bits per heavy atom. The second-order valence-corrected chi connectivity index (χ2v) is 7.32. The molecule has 0 spiro atoms. The van der Waals surface area contributed by atoms with Gasteiger partial charge < -0.3 is 29.6 Å². The van der Waals surface area contributed by atoms with E-state index >= 15 is 0 Å². The number of halogens is 1. The SMILES string of the molecule is CN=C(NCCOc1ccccc1)NCC(c1ccc(OC)c(OC)c1)N1CCOCC1.I. The number of morpholine rings is 1. The molecular formula is C24H35IN4O4. The molecule has 2 N–H and O–H groups in total. The van der Waals surface area contributed by atoms with E-state index in [2.05, 4.69) is 26.6 Å². The second-order valence-electron chi connectivity index (χ2n) is 7.32. The molecule has 1 saturated heterocycles. The quantitative estimate of drug-likeness (QED) is 0.197. The zero-order valence-electron chi connectivity index (χ0n) is 19.6. The Balaban J connectivity index is 0.00000385. The van der Waals surface area contributed by atoms with Crippen molar-refractivity contribution in [1.29, 1.82) is 0 Å². The summed E-state index contributed by atoms with van der Waals surface area (Å²) in [6.45, 7) is 5.09. The van der Waals surface area contributed by atoms with Gasteiger partial charge in [-0.3, -0.25) is 9.89 Å². The van der Waals surface area contributed by atoms with Crippen LogP contribution in [0.25, 0.3) is 0 Å². The molecule has 9 heteroatoms. The molecule has 3 rings (SSSR count). The first-order chi connectivity index (χ1) is 15.7. The van der Waals surface area contributed by atoms with Crippen LogP contribution in [0, 0.1) is 0 Å². The lowest BCUT2D eigenvalue weighted by molar-refractivity contribution is 0.0169. The Morgan fingerprint density at radius 1 is 1.03 bits per heavy atom. The number of guanidine groups is 1. The summed E-state index contributed by atoms with van der Waals surface area (Å²) in [7, 11) is 5.08. The minimum atomic E-state index is 0. The number of ether oxygens (including phenoxy) is 4. The first kappa shape index (κ1) is 27.0. The lowest BCUT2D eigenvalue weighted by Crippen LogP contribution is -2.46. The summed E-state index contributed by atoms with van der Waals surface area (Å²) >= 11 is 0. The van der Waals surface area contributed by atoms with Crippen LogP contribution in [0.5, 0.6) is 17.2 Å². The number of hydrogen-bond acceptors (Lipinski definition) is 6. The standard InChI is InChI=1S/C24H34N4O4.HI/c1-25-24(26-11-14-32-20-7-5-4-6-8-20)27-18-21(28-12-15-31-16-13-28)19-9-10-22(29-2)23(17-19)30-3;/h4-10,17,21H,11-16,18H2,1-3H3,(H2,25,26,27);1H. The Labute approximate surface area is 213 Å². The van der Waals surface area contributed by atoms with Gasteiger partial charge in [0, 0.05) is 26.7 Å². The van der Waals surface area contributed by atoms with Gasteiger partial charge in [0.05, 0.1) is 40.0 Å². The molecule has 2 aromatic rings. The van der Waals surface area contributed by atoms with Gasteiger partial charge >= 0.3 is 0 Å². The predicted molar refractivity (Wildman–Crippen MR) is 141 cm³/mol. The summed E-state index contributed by atoms with van der Waals surface area (Å²) in [6.07, 6.45) is 0. The maximum atomic E-state index is 5.75. The first-order valence-electron chi connectivity index (χ1n) is 10.9. The molecule has 0 aromatic heterocycles. The average molecular weight is 570 g/mol. The van der Waals surface area contributed by atoms with Gasteiger partial charge in [-0.25, -0.2) is 0 Å². The highest BCUT2D eigenvalue weighted by atomic mass is 127. The summed E-state index contributed by atoms with van der Waals surface area (Å²) in [5.41, 5.74) is 1.15. The fourth-order valence-electron chi connectivity index (χ4n) is 3.68. The molecule has 0 saturated carbocycles. The van der Waals surface area contributed by atoms with E-state index in [1.54, 1.807) is 21.3 Å². The van der Waals surface area contributed by atoms with Crippen molar-refractivity contribution < 1.29 is 18.9 Å². The van der Waals surface area contributed by atoms with Crippen LogP contribution in [0.4, 0.5) is 0 Å². The smallest absolute Gasteiger partial charge is 0.191 e. The van der Waals surface area contributed by atoms with E-state index < -0.39 is 0 Å². The Bertz CT molecular complexity index is 848. The van der Waals surface area contributed by atoms with E-state index in [0.717, 1.165) is 55.1 Å². The van der Waals surface area contributed by atoms with E-state index in [0.29, 0.717) is 19.7 Å². The van der Waals surface area contributed by atoms with E-state index in [9.17, 15) is 0 Å². The Hall–Kier alpha value is -2.24. The van der Waals surface area contributed by atoms with Gasteiger partial charge in [-0.2, -0.15) is 0 Å². The molecule has 0 bridgehead atoms. The summed E-state index contributed by atoms with van der Waals surface area (Å²) < 4.78 is 22.2. The maximum absolute atomic E-state index is 5.75. The zero-order chi connectivity index (χ0) is 22.6. The van der Waals surface area contributed by atoms with Gasteiger partial charge in [0.25, 0.3) is 0 Å². The van der Waals surface area contributed by atoms with Crippen LogP contribution >= 0.6 is 24.0 Å². The van der Waals surface area contributed by atoms with Crippen molar-refractivity contribution in [3.05, 3.63) is 54.1 Å². The van der Waals surface area contributed by atoms with Crippen LogP contribution in [-0.4, -0.2) is 78.1 Å². The number of para-hydroxylation sites is 1. The molecule has 2 aromatic carbocycles. The number of hydrogen-bond donors (Lipinski definition) is 2. The van der Waals surface area contributed by atoms with Crippen molar-refractivity contribution in [3.63, 3.8) is 0 Å².